The van der Waals surface area contributed by atoms with Crippen molar-refractivity contribution in [3.63, 3.8) is 0 Å². The van der Waals surface area contributed by atoms with Gasteiger partial charge in [0.05, 0.1) is 0 Å². The maximum Gasteiger partial charge on any atom is 0.0403 e. The Morgan fingerprint density at radius 2 is 2.11 bits per heavy atom. The van der Waals surface area contributed by atoms with Crippen molar-refractivity contribution in [3.05, 3.63) is 27.3 Å². The summed E-state index contributed by atoms with van der Waals surface area (Å²) < 4.78 is 1.31. The van der Waals surface area contributed by atoms with Crippen LogP contribution < -0.4 is 5.32 Å². The summed E-state index contributed by atoms with van der Waals surface area (Å²) in [4.78, 5) is 2.70. The summed E-state index contributed by atoms with van der Waals surface area (Å²) in [5.74, 6) is 0. The highest BCUT2D eigenvalue weighted by molar-refractivity contribution is 14.1. The Kier molecular flexibility index (Phi) is 3.54. The molecule has 1 aliphatic carbocycles. The predicted octanol–water partition coefficient (Wildman–Crippen LogP) is 3.64. The van der Waals surface area contributed by atoms with E-state index < -0.39 is 0 Å². The van der Waals surface area contributed by atoms with E-state index in [-0.39, 0.29) is 0 Å². The predicted molar refractivity (Wildman–Crippen MR) is 85.1 cm³/mol. The van der Waals surface area contributed by atoms with Gasteiger partial charge in [0.2, 0.25) is 0 Å². The normalized spacial score (nSPS) is 28.6. The molecule has 2 fully saturated rings. The van der Waals surface area contributed by atoms with E-state index >= 15 is 0 Å². The first-order chi connectivity index (χ1) is 8.63. The minimum atomic E-state index is 0.623. The maximum absolute atomic E-state index is 3.75. The lowest BCUT2D eigenvalue weighted by atomic mass is 10.1. The SMILES string of the molecule is Cc1ccc(I)cc1NC1CC(C)N(C2CC2)C1. The van der Waals surface area contributed by atoms with Gasteiger partial charge in [-0.1, -0.05) is 6.07 Å². The van der Waals surface area contributed by atoms with Crippen LogP contribution in [-0.4, -0.2) is 29.6 Å². The van der Waals surface area contributed by atoms with Crippen molar-refractivity contribution >= 4 is 28.3 Å². The maximum atomic E-state index is 3.75. The second kappa shape index (κ2) is 5.00. The van der Waals surface area contributed by atoms with Crippen molar-refractivity contribution in [1.29, 1.82) is 0 Å². The van der Waals surface area contributed by atoms with Crippen LogP contribution in [0, 0.1) is 10.5 Å². The number of nitrogens with zero attached hydrogens (tertiary/aromatic N) is 1. The molecule has 1 saturated heterocycles. The molecule has 0 aromatic heterocycles. The molecule has 98 valence electrons. The number of nitrogens with one attached hydrogen (secondary N) is 1. The zero-order chi connectivity index (χ0) is 12.7. The van der Waals surface area contributed by atoms with Gasteiger partial charge in [0.25, 0.3) is 0 Å². The Balaban J connectivity index is 1.68. The van der Waals surface area contributed by atoms with Gasteiger partial charge in [-0.2, -0.15) is 0 Å². The third-order valence-electron chi connectivity index (χ3n) is 4.20. The molecule has 0 radical (unpaired) electrons. The van der Waals surface area contributed by atoms with Crippen LogP contribution in [0.5, 0.6) is 0 Å². The molecule has 0 bridgehead atoms. The molecule has 0 amide bonds. The van der Waals surface area contributed by atoms with Crippen LogP contribution in [0.3, 0.4) is 0 Å². The molecular weight excluding hydrogens is 335 g/mol. The number of rotatable bonds is 3. The van der Waals surface area contributed by atoms with Crippen molar-refractivity contribution in [1.82, 2.24) is 4.90 Å². The first kappa shape index (κ1) is 12.7. The van der Waals surface area contributed by atoms with Crippen molar-refractivity contribution in [2.75, 3.05) is 11.9 Å². The second-order valence-corrected chi connectivity index (χ2v) is 7.06. The number of hydrogen-bond acceptors (Lipinski definition) is 2. The fourth-order valence-electron chi connectivity index (χ4n) is 3.05. The minimum Gasteiger partial charge on any atom is -0.381 e. The lowest BCUT2D eigenvalue weighted by Gasteiger charge is -2.20. The average Bonchev–Trinajstić information content (AvgIpc) is 3.09. The molecule has 18 heavy (non-hydrogen) atoms. The molecule has 1 aromatic rings. The Labute approximate surface area is 123 Å². The summed E-state index contributed by atoms with van der Waals surface area (Å²) in [6, 6.07) is 8.91. The highest BCUT2D eigenvalue weighted by Crippen LogP contribution is 2.34. The zero-order valence-corrected chi connectivity index (χ0v) is 13.3. The van der Waals surface area contributed by atoms with Crippen LogP contribution >= 0.6 is 22.6 Å². The Morgan fingerprint density at radius 3 is 2.83 bits per heavy atom. The van der Waals surface area contributed by atoms with Crippen LogP contribution in [0.2, 0.25) is 0 Å². The van der Waals surface area contributed by atoms with E-state index in [4.69, 9.17) is 0 Å². The molecule has 3 rings (SSSR count). The van der Waals surface area contributed by atoms with Crippen LogP contribution in [0.15, 0.2) is 18.2 Å². The van der Waals surface area contributed by atoms with Gasteiger partial charge >= 0.3 is 0 Å². The fraction of sp³-hybridized carbons (Fsp3) is 0.600. The highest BCUT2D eigenvalue weighted by Gasteiger charge is 2.38. The molecule has 2 nitrogen and oxygen atoms in total. The lowest BCUT2D eigenvalue weighted by molar-refractivity contribution is 0.257. The molecule has 2 aliphatic rings. The summed E-state index contributed by atoms with van der Waals surface area (Å²) >= 11 is 2.39. The molecule has 1 aliphatic heterocycles. The first-order valence-corrected chi connectivity index (χ1v) is 8.00. The lowest BCUT2D eigenvalue weighted by Crippen LogP contribution is -2.31. The smallest absolute Gasteiger partial charge is 0.0403 e. The number of hydrogen-bond donors (Lipinski definition) is 1. The molecule has 2 atom stereocenters. The summed E-state index contributed by atoms with van der Waals surface area (Å²) in [7, 11) is 0. The van der Waals surface area contributed by atoms with Crippen molar-refractivity contribution < 1.29 is 0 Å². The number of benzene rings is 1. The van der Waals surface area contributed by atoms with Crippen molar-refractivity contribution in [2.45, 2.75) is 51.2 Å². The van der Waals surface area contributed by atoms with Crippen LogP contribution in [0.1, 0.15) is 31.7 Å². The fourth-order valence-corrected chi connectivity index (χ4v) is 3.54. The molecular formula is C15H21IN2. The van der Waals surface area contributed by atoms with E-state index in [1.807, 2.05) is 0 Å². The van der Waals surface area contributed by atoms with Crippen molar-refractivity contribution in [3.8, 4) is 0 Å². The van der Waals surface area contributed by atoms with Crippen LogP contribution in [-0.2, 0) is 0 Å². The highest BCUT2D eigenvalue weighted by atomic mass is 127. The standard InChI is InChI=1S/C15H21IN2/c1-10-3-4-12(16)8-15(10)17-13-7-11(2)18(9-13)14-5-6-14/h3-4,8,11,13-14,17H,5-7,9H2,1-2H3. The molecule has 3 heteroatoms. The largest absolute Gasteiger partial charge is 0.381 e. The summed E-state index contributed by atoms with van der Waals surface area (Å²) in [5, 5.41) is 3.75. The van der Waals surface area contributed by atoms with Gasteiger partial charge in [0.15, 0.2) is 0 Å². The summed E-state index contributed by atoms with van der Waals surface area (Å²) in [6.45, 7) is 5.79. The van der Waals surface area contributed by atoms with Gasteiger partial charge in [-0.05, 0) is 73.4 Å². The molecule has 0 spiro atoms. The Hall–Kier alpha value is -0.290. The number of halogens is 1. The van der Waals surface area contributed by atoms with Crippen LogP contribution in [0.25, 0.3) is 0 Å². The quantitative estimate of drug-likeness (QED) is 0.832. The third kappa shape index (κ3) is 2.67. The van der Waals surface area contributed by atoms with Gasteiger partial charge in [-0.25, -0.2) is 0 Å². The van der Waals surface area contributed by atoms with Gasteiger partial charge in [-0.15, -0.1) is 0 Å². The summed E-state index contributed by atoms with van der Waals surface area (Å²) in [5.41, 5.74) is 2.67. The number of likely N-dealkylation sites (tertiary alicyclic amines) is 1. The van der Waals surface area contributed by atoms with Gasteiger partial charge < -0.3 is 5.32 Å². The summed E-state index contributed by atoms with van der Waals surface area (Å²) in [6.07, 6.45) is 4.11. The third-order valence-corrected chi connectivity index (χ3v) is 4.87. The topological polar surface area (TPSA) is 15.3 Å². The van der Waals surface area contributed by atoms with Gasteiger partial charge in [-0.3, -0.25) is 4.90 Å². The zero-order valence-electron chi connectivity index (χ0n) is 11.1. The van der Waals surface area contributed by atoms with Crippen LogP contribution in [0.4, 0.5) is 5.69 Å². The van der Waals surface area contributed by atoms with E-state index in [2.05, 4.69) is 64.9 Å². The van der Waals surface area contributed by atoms with E-state index in [9.17, 15) is 0 Å². The second-order valence-electron chi connectivity index (χ2n) is 5.81. The Morgan fingerprint density at radius 1 is 1.33 bits per heavy atom. The number of aryl methyl sites for hydroxylation is 1. The van der Waals surface area contributed by atoms with E-state index in [1.54, 1.807) is 0 Å². The number of anilines is 1. The molecule has 2 unspecified atom stereocenters. The molecule has 1 N–H and O–H groups in total. The average molecular weight is 356 g/mol. The molecule has 1 aromatic carbocycles. The minimum absolute atomic E-state index is 0.623. The van der Waals surface area contributed by atoms with Gasteiger partial charge in [0, 0.05) is 33.9 Å². The molecule has 1 heterocycles. The molecule has 1 saturated carbocycles. The Bertz CT molecular complexity index is 442. The first-order valence-electron chi connectivity index (χ1n) is 6.92. The van der Waals surface area contributed by atoms with Crippen molar-refractivity contribution in [2.24, 2.45) is 0 Å². The van der Waals surface area contributed by atoms with E-state index in [1.165, 1.54) is 40.6 Å². The van der Waals surface area contributed by atoms with E-state index in [0.717, 1.165) is 12.1 Å². The van der Waals surface area contributed by atoms with Gasteiger partial charge in [0.1, 0.15) is 0 Å². The van der Waals surface area contributed by atoms with E-state index in [0.29, 0.717) is 6.04 Å². The monoisotopic (exact) mass is 356 g/mol.